The van der Waals surface area contributed by atoms with Crippen LogP contribution in [0.3, 0.4) is 0 Å². The van der Waals surface area contributed by atoms with E-state index in [0.717, 1.165) is 17.4 Å². The number of nitrogens with one attached hydrogen (secondary N) is 3. The van der Waals surface area contributed by atoms with Crippen LogP contribution in [0.4, 0.5) is 10.1 Å². The van der Waals surface area contributed by atoms with Gasteiger partial charge in [-0.2, -0.15) is 0 Å². The van der Waals surface area contributed by atoms with Crippen LogP contribution in [0.25, 0.3) is 0 Å². The minimum Gasteiger partial charge on any atom is -0.397 e. The molecule has 45 heavy (non-hydrogen) atoms. The lowest BCUT2D eigenvalue weighted by molar-refractivity contribution is 0.112. The van der Waals surface area contributed by atoms with Gasteiger partial charge in [-0.1, -0.05) is 69.1 Å². The van der Waals surface area contributed by atoms with Crippen LogP contribution in [0.1, 0.15) is 28.4 Å². The fraction of sp³-hybridized carbons (Fsp3) is 0.167. The lowest BCUT2D eigenvalue weighted by atomic mass is 9.90. The highest BCUT2D eigenvalue weighted by molar-refractivity contribution is 5.82. The average molecular weight is 606 g/mol. The van der Waals surface area contributed by atoms with Gasteiger partial charge in [0.25, 0.3) is 0 Å². The predicted molar refractivity (Wildman–Crippen MR) is 183 cm³/mol. The summed E-state index contributed by atoms with van der Waals surface area (Å²) < 4.78 is 14.6. The van der Waals surface area contributed by atoms with Crippen molar-refractivity contribution in [2.45, 2.75) is 26.1 Å². The van der Waals surface area contributed by atoms with Gasteiger partial charge in [0.15, 0.2) is 0 Å². The maximum absolute atomic E-state index is 14.6. The van der Waals surface area contributed by atoms with Crippen molar-refractivity contribution in [2.24, 2.45) is 16.5 Å². The molecule has 1 aliphatic rings. The lowest BCUT2D eigenvalue weighted by Crippen LogP contribution is -2.30. The molecular formula is C36H40FN7O. The van der Waals surface area contributed by atoms with Gasteiger partial charge in [0.05, 0.1) is 41.1 Å². The minimum atomic E-state index is -0.510. The number of terminal acetylenes is 1. The van der Waals surface area contributed by atoms with Crippen molar-refractivity contribution in [1.29, 1.82) is 0 Å². The first-order valence-electron chi connectivity index (χ1n) is 14.1. The van der Waals surface area contributed by atoms with Gasteiger partial charge in [-0.25, -0.2) is 4.39 Å². The molecule has 0 saturated heterocycles. The zero-order chi connectivity index (χ0) is 33.3. The molecular weight excluding hydrogens is 565 g/mol. The molecule has 0 heterocycles. The van der Waals surface area contributed by atoms with Crippen LogP contribution in [-0.4, -0.2) is 36.7 Å². The van der Waals surface area contributed by atoms with Gasteiger partial charge >= 0.3 is 0 Å². The first kappa shape index (κ1) is 33.9. The van der Waals surface area contributed by atoms with Gasteiger partial charge < -0.3 is 32.3 Å². The number of aldehydes is 1. The van der Waals surface area contributed by atoms with E-state index in [1.165, 1.54) is 6.07 Å². The monoisotopic (exact) mass is 605 g/mol. The molecule has 0 bridgehead atoms. The van der Waals surface area contributed by atoms with E-state index in [4.69, 9.17) is 17.9 Å². The summed E-state index contributed by atoms with van der Waals surface area (Å²) in [5.74, 6) is 2.69. The maximum atomic E-state index is 14.6. The number of nitrogens with zero attached hydrogens (tertiary/aromatic N) is 2. The van der Waals surface area contributed by atoms with E-state index in [1.54, 1.807) is 24.3 Å². The number of likely N-dealkylation sites (N-methyl/N-ethyl adjacent to an activating group) is 1. The van der Waals surface area contributed by atoms with E-state index < -0.39 is 11.9 Å². The number of benzene rings is 2. The highest BCUT2D eigenvalue weighted by Gasteiger charge is 2.24. The van der Waals surface area contributed by atoms with Crippen LogP contribution < -0.4 is 27.4 Å². The second-order valence-electron chi connectivity index (χ2n) is 10.5. The number of carbonyl (C=O) groups excluding carboxylic acids is 1. The van der Waals surface area contributed by atoms with Crippen molar-refractivity contribution in [2.75, 3.05) is 18.9 Å². The van der Waals surface area contributed by atoms with E-state index in [0.29, 0.717) is 69.7 Å². The number of anilines is 1. The molecule has 2 aromatic carbocycles. The Kier molecular flexibility index (Phi) is 11.5. The molecule has 0 aliphatic heterocycles. The molecule has 232 valence electrons. The Hall–Kier alpha value is -5.59. The summed E-state index contributed by atoms with van der Waals surface area (Å²) in [6, 6.07) is 11.5. The molecule has 7 N–H and O–H groups in total. The number of rotatable bonds is 15. The average Bonchev–Trinajstić information content (AvgIpc) is 3.06. The Bertz CT molecular complexity index is 1670. The molecule has 1 aliphatic carbocycles. The number of halogens is 1. The lowest BCUT2D eigenvalue weighted by Gasteiger charge is -2.27. The third-order valence-electron chi connectivity index (χ3n) is 7.26. The van der Waals surface area contributed by atoms with Crippen LogP contribution in [-0.2, 0) is 13.1 Å². The Morgan fingerprint density at radius 1 is 1.07 bits per heavy atom. The first-order valence-corrected chi connectivity index (χ1v) is 14.1. The zero-order valence-corrected chi connectivity index (χ0v) is 25.8. The first-order chi connectivity index (χ1) is 21.4. The van der Waals surface area contributed by atoms with Crippen molar-refractivity contribution < 1.29 is 9.18 Å². The van der Waals surface area contributed by atoms with Crippen LogP contribution >= 0.6 is 0 Å². The number of aliphatic imine (C=N–C) groups is 1. The van der Waals surface area contributed by atoms with Crippen LogP contribution in [0.15, 0.2) is 132 Å². The van der Waals surface area contributed by atoms with Gasteiger partial charge in [0.1, 0.15) is 17.9 Å². The Balaban J connectivity index is 1.78. The van der Waals surface area contributed by atoms with Crippen molar-refractivity contribution in [1.82, 2.24) is 15.5 Å². The second-order valence-corrected chi connectivity index (χ2v) is 10.5. The topological polar surface area (TPSA) is 121 Å². The molecule has 8 nitrogen and oxygen atoms in total. The summed E-state index contributed by atoms with van der Waals surface area (Å²) in [5.41, 5.74) is 19.2. The number of allylic oxidation sites excluding steroid dienone is 3. The predicted octanol–water partition coefficient (Wildman–Crippen LogP) is 5.00. The summed E-state index contributed by atoms with van der Waals surface area (Å²) >= 11 is 0. The Morgan fingerprint density at radius 2 is 1.69 bits per heavy atom. The molecule has 0 amide bonds. The van der Waals surface area contributed by atoms with E-state index in [1.807, 2.05) is 37.1 Å². The number of amidine groups is 1. The van der Waals surface area contributed by atoms with Crippen molar-refractivity contribution in [3.8, 4) is 12.3 Å². The second kappa shape index (κ2) is 15.2. The fourth-order valence-corrected chi connectivity index (χ4v) is 4.16. The molecule has 0 saturated carbocycles. The fourth-order valence-electron chi connectivity index (χ4n) is 4.16. The molecule has 2 aromatic rings. The van der Waals surface area contributed by atoms with Gasteiger partial charge in [0, 0.05) is 42.5 Å². The molecule has 1 unspecified atom stereocenters. The van der Waals surface area contributed by atoms with Gasteiger partial charge in [-0.15, -0.1) is 6.42 Å². The Morgan fingerprint density at radius 3 is 2.31 bits per heavy atom. The smallest absolute Gasteiger partial charge is 0.150 e. The zero-order valence-electron chi connectivity index (χ0n) is 25.8. The van der Waals surface area contributed by atoms with Crippen molar-refractivity contribution in [3.63, 3.8) is 0 Å². The Labute approximate surface area is 265 Å². The summed E-state index contributed by atoms with van der Waals surface area (Å²) in [6.07, 6.45) is 8.06. The SMILES string of the molecule is C#CC(N)CN=C(C)N(C)/C(=C\C(=C)C(=C)NCc1ccc(C=O)cc1)C(=C)NCc1ccc(F)c(NC2=C(N)C(=C)C2=C)c1. The van der Waals surface area contributed by atoms with Crippen LogP contribution in [0.5, 0.6) is 0 Å². The largest absolute Gasteiger partial charge is 0.397 e. The quantitative estimate of drug-likeness (QED) is 0.0637. The third-order valence-corrected chi connectivity index (χ3v) is 7.26. The third kappa shape index (κ3) is 8.72. The highest BCUT2D eigenvalue weighted by atomic mass is 19.1. The molecule has 9 heteroatoms. The molecule has 0 radical (unpaired) electrons. The molecule has 3 rings (SSSR count). The van der Waals surface area contributed by atoms with E-state index in [9.17, 15) is 9.18 Å². The number of hydrogen-bond donors (Lipinski definition) is 5. The molecule has 1 atom stereocenters. The molecule has 0 aromatic heterocycles. The van der Waals surface area contributed by atoms with Crippen molar-refractivity contribution >= 4 is 17.8 Å². The number of carbonyl (C=O) groups is 1. The van der Waals surface area contributed by atoms with Gasteiger partial charge in [-0.05, 0) is 41.8 Å². The van der Waals surface area contributed by atoms with Gasteiger partial charge in [-0.3, -0.25) is 9.79 Å². The standard InChI is InChI=1S/C36H40FN7O/c1-9-31(38)20-42-27(7)44(8)34(16-22(2)25(5)40-18-28-10-12-29(21-45)13-11-28)26(6)41-19-30-14-15-32(37)33(17-30)43-36-24(4)23(3)35(36)39/h1,10-17,21,31,40-41,43H,2-6,18-20,38-39H2,7-8H3/b34-16-,42-27?. The molecule has 0 fully saturated rings. The van der Waals surface area contributed by atoms with E-state index in [-0.39, 0.29) is 12.2 Å². The minimum absolute atomic E-state index is 0.254. The van der Waals surface area contributed by atoms with E-state index >= 15 is 0 Å². The highest BCUT2D eigenvalue weighted by Crippen LogP contribution is 2.35. The normalized spacial score (nSPS) is 13.8. The summed E-state index contributed by atoms with van der Waals surface area (Å²) in [4.78, 5) is 17.3. The van der Waals surface area contributed by atoms with Gasteiger partial charge in [0.2, 0.25) is 0 Å². The van der Waals surface area contributed by atoms with Crippen LogP contribution in [0.2, 0.25) is 0 Å². The summed E-state index contributed by atoms with van der Waals surface area (Å²) in [5, 5.41) is 9.61. The van der Waals surface area contributed by atoms with Crippen LogP contribution in [0, 0.1) is 18.2 Å². The molecule has 0 spiro atoms. The number of hydrogen-bond acceptors (Lipinski definition) is 7. The number of nitrogens with two attached hydrogens (primary N) is 2. The van der Waals surface area contributed by atoms with E-state index in [2.05, 4.69) is 59.8 Å². The summed E-state index contributed by atoms with van der Waals surface area (Å²) in [7, 11) is 1.84. The maximum Gasteiger partial charge on any atom is 0.150 e. The summed E-state index contributed by atoms with van der Waals surface area (Å²) in [6.45, 7) is 23.3. The van der Waals surface area contributed by atoms with Crippen molar-refractivity contribution in [3.05, 3.63) is 149 Å².